The average molecular weight is 204 g/mol. The molecule has 0 spiro atoms. The van der Waals surface area contributed by atoms with Crippen LogP contribution in [0.3, 0.4) is 0 Å². The zero-order valence-electron chi connectivity index (χ0n) is 7.06. The van der Waals surface area contributed by atoms with Gasteiger partial charge in [0.05, 0.1) is 6.61 Å². The minimum atomic E-state index is -0.321. The summed E-state index contributed by atoms with van der Waals surface area (Å²) in [7, 11) is 0. The molecule has 0 radical (unpaired) electrons. The number of hydrogen-bond acceptors (Lipinski definition) is 2. The van der Waals surface area contributed by atoms with E-state index in [-0.39, 0.29) is 12.4 Å². The molecule has 13 heavy (non-hydrogen) atoms. The molecule has 2 nitrogen and oxygen atoms in total. The molecule has 0 bridgehead atoms. The molecule has 2 N–H and O–H groups in total. The SMILES string of the molecule is OCCNCc1c(F)cccc1Cl. The van der Waals surface area contributed by atoms with Crippen LogP contribution in [0.15, 0.2) is 18.2 Å². The summed E-state index contributed by atoms with van der Waals surface area (Å²) in [6.45, 7) is 0.808. The second-order valence-electron chi connectivity index (χ2n) is 2.60. The lowest BCUT2D eigenvalue weighted by molar-refractivity contribution is 0.291. The van der Waals surface area contributed by atoms with Gasteiger partial charge >= 0.3 is 0 Å². The highest BCUT2D eigenvalue weighted by molar-refractivity contribution is 6.31. The van der Waals surface area contributed by atoms with E-state index < -0.39 is 0 Å². The maximum absolute atomic E-state index is 13.1. The van der Waals surface area contributed by atoms with Gasteiger partial charge in [-0.15, -0.1) is 0 Å². The lowest BCUT2D eigenvalue weighted by Crippen LogP contribution is -2.18. The van der Waals surface area contributed by atoms with Crippen molar-refractivity contribution < 1.29 is 9.50 Å². The minimum Gasteiger partial charge on any atom is -0.395 e. The van der Waals surface area contributed by atoms with Crippen molar-refractivity contribution in [3.63, 3.8) is 0 Å². The first-order valence-corrected chi connectivity index (χ1v) is 4.38. The van der Waals surface area contributed by atoms with Crippen LogP contribution in [0.25, 0.3) is 0 Å². The van der Waals surface area contributed by atoms with Gasteiger partial charge in [-0.2, -0.15) is 0 Å². The van der Waals surface area contributed by atoms with Gasteiger partial charge in [0.2, 0.25) is 0 Å². The van der Waals surface area contributed by atoms with Crippen LogP contribution in [0, 0.1) is 5.82 Å². The van der Waals surface area contributed by atoms with Crippen LogP contribution >= 0.6 is 11.6 Å². The molecule has 1 rings (SSSR count). The van der Waals surface area contributed by atoms with Gasteiger partial charge in [-0.05, 0) is 12.1 Å². The first-order chi connectivity index (χ1) is 6.25. The van der Waals surface area contributed by atoms with Gasteiger partial charge in [0.25, 0.3) is 0 Å². The minimum absolute atomic E-state index is 0.0338. The van der Waals surface area contributed by atoms with Gasteiger partial charge < -0.3 is 10.4 Å². The summed E-state index contributed by atoms with van der Waals surface area (Å²) in [5.74, 6) is -0.321. The Morgan fingerprint density at radius 3 is 2.85 bits per heavy atom. The topological polar surface area (TPSA) is 32.3 Å². The van der Waals surface area contributed by atoms with Gasteiger partial charge in [0.15, 0.2) is 0 Å². The fourth-order valence-corrected chi connectivity index (χ4v) is 1.22. The highest BCUT2D eigenvalue weighted by Gasteiger charge is 2.04. The van der Waals surface area contributed by atoms with Crippen molar-refractivity contribution in [2.24, 2.45) is 0 Å². The third-order valence-corrected chi connectivity index (χ3v) is 2.01. The van der Waals surface area contributed by atoms with E-state index >= 15 is 0 Å². The van der Waals surface area contributed by atoms with Crippen molar-refractivity contribution in [1.82, 2.24) is 5.32 Å². The van der Waals surface area contributed by atoms with Gasteiger partial charge in [-0.1, -0.05) is 17.7 Å². The van der Waals surface area contributed by atoms with E-state index in [1.807, 2.05) is 0 Å². The second-order valence-corrected chi connectivity index (χ2v) is 3.01. The monoisotopic (exact) mass is 203 g/mol. The first kappa shape index (κ1) is 10.4. The highest BCUT2D eigenvalue weighted by atomic mass is 35.5. The summed E-state index contributed by atoms with van der Waals surface area (Å²) in [5.41, 5.74) is 0.442. The smallest absolute Gasteiger partial charge is 0.129 e. The molecule has 0 aromatic heterocycles. The molecule has 0 aliphatic heterocycles. The Kier molecular flexibility index (Phi) is 4.15. The molecule has 0 amide bonds. The molecule has 0 unspecified atom stereocenters. The predicted molar refractivity (Wildman–Crippen MR) is 50.2 cm³/mol. The first-order valence-electron chi connectivity index (χ1n) is 4.00. The number of rotatable bonds is 4. The molecule has 1 aromatic carbocycles. The molecule has 1 aromatic rings. The average Bonchev–Trinajstić information content (AvgIpc) is 2.10. The van der Waals surface area contributed by atoms with E-state index in [0.717, 1.165) is 0 Å². The Morgan fingerprint density at radius 2 is 2.23 bits per heavy atom. The van der Waals surface area contributed by atoms with Crippen LogP contribution in [-0.2, 0) is 6.54 Å². The molecule has 0 saturated heterocycles. The van der Waals surface area contributed by atoms with Crippen LogP contribution in [0.1, 0.15) is 5.56 Å². The molecular weight excluding hydrogens is 193 g/mol. The van der Waals surface area contributed by atoms with Gasteiger partial charge in [-0.25, -0.2) is 4.39 Å². The van der Waals surface area contributed by atoms with E-state index in [1.54, 1.807) is 12.1 Å². The van der Waals surface area contributed by atoms with E-state index in [4.69, 9.17) is 16.7 Å². The fourth-order valence-electron chi connectivity index (χ4n) is 0.994. The van der Waals surface area contributed by atoms with Gasteiger partial charge in [0, 0.05) is 23.7 Å². The number of aliphatic hydroxyl groups is 1. The maximum atomic E-state index is 13.1. The Labute approximate surface area is 81.3 Å². The zero-order chi connectivity index (χ0) is 9.68. The Morgan fingerprint density at radius 1 is 1.46 bits per heavy atom. The standard InChI is InChI=1S/C9H11ClFNO/c10-8-2-1-3-9(11)7(8)6-12-4-5-13/h1-3,12-13H,4-6H2. The lowest BCUT2D eigenvalue weighted by Gasteiger charge is -2.06. The quantitative estimate of drug-likeness (QED) is 0.728. The molecule has 0 fully saturated rings. The zero-order valence-corrected chi connectivity index (χ0v) is 7.81. The van der Waals surface area contributed by atoms with Crippen molar-refractivity contribution >= 4 is 11.6 Å². The third kappa shape index (κ3) is 2.95. The molecule has 4 heteroatoms. The van der Waals surface area contributed by atoms with E-state index in [0.29, 0.717) is 23.7 Å². The number of aliphatic hydroxyl groups excluding tert-OH is 1. The number of hydrogen-bond donors (Lipinski definition) is 2. The normalized spacial score (nSPS) is 10.4. The van der Waals surface area contributed by atoms with Crippen LogP contribution < -0.4 is 5.32 Å². The summed E-state index contributed by atoms with van der Waals surface area (Å²) in [4.78, 5) is 0. The largest absolute Gasteiger partial charge is 0.395 e. The van der Waals surface area contributed by atoms with Crippen LogP contribution in [0.2, 0.25) is 5.02 Å². The maximum Gasteiger partial charge on any atom is 0.129 e. The van der Waals surface area contributed by atoms with Crippen molar-refractivity contribution in [3.05, 3.63) is 34.6 Å². The molecule has 0 atom stereocenters. The molecule has 0 heterocycles. The van der Waals surface area contributed by atoms with Gasteiger partial charge in [0.1, 0.15) is 5.82 Å². The molecule has 0 aliphatic carbocycles. The van der Waals surface area contributed by atoms with Crippen molar-refractivity contribution in [2.75, 3.05) is 13.2 Å². The molecule has 0 aliphatic rings. The lowest BCUT2D eigenvalue weighted by atomic mass is 10.2. The van der Waals surface area contributed by atoms with Gasteiger partial charge in [-0.3, -0.25) is 0 Å². The summed E-state index contributed by atoms with van der Waals surface area (Å²) in [5, 5.41) is 11.8. The molecular formula is C9H11ClFNO. The Bertz CT molecular complexity index is 260. The third-order valence-electron chi connectivity index (χ3n) is 1.65. The summed E-state index contributed by atoms with van der Waals surface area (Å²) < 4.78 is 13.1. The Balaban J connectivity index is 2.64. The second kappa shape index (κ2) is 5.17. The van der Waals surface area contributed by atoms with Crippen molar-refractivity contribution in [3.8, 4) is 0 Å². The van der Waals surface area contributed by atoms with E-state index in [2.05, 4.69) is 5.32 Å². The fraction of sp³-hybridized carbons (Fsp3) is 0.333. The predicted octanol–water partition coefficient (Wildman–Crippen LogP) is 1.56. The van der Waals surface area contributed by atoms with Crippen LogP contribution in [-0.4, -0.2) is 18.3 Å². The van der Waals surface area contributed by atoms with Crippen molar-refractivity contribution in [2.45, 2.75) is 6.54 Å². The van der Waals surface area contributed by atoms with Crippen molar-refractivity contribution in [1.29, 1.82) is 0 Å². The highest BCUT2D eigenvalue weighted by Crippen LogP contribution is 2.18. The summed E-state index contributed by atoms with van der Waals surface area (Å²) in [6, 6.07) is 4.57. The number of nitrogens with one attached hydrogen (secondary N) is 1. The van der Waals surface area contributed by atoms with Crippen LogP contribution in [0.4, 0.5) is 4.39 Å². The van der Waals surface area contributed by atoms with E-state index in [9.17, 15) is 4.39 Å². The number of benzene rings is 1. The number of halogens is 2. The molecule has 0 saturated carbocycles. The summed E-state index contributed by atoms with van der Waals surface area (Å²) >= 11 is 5.77. The Hall–Kier alpha value is -0.640. The van der Waals surface area contributed by atoms with E-state index in [1.165, 1.54) is 6.07 Å². The molecule has 72 valence electrons. The van der Waals surface area contributed by atoms with Crippen LogP contribution in [0.5, 0.6) is 0 Å². The summed E-state index contributed by atoms with van der Waals surface area (Å²) in [6.07, 6.45) is 0.